The first-order valence-corrected chi connectivity index (χ1v) is 10.5. The summed E-state index contributed by atoms with van der Waals surface area (Å²) in [7, 11) is -1.37. The molecule has 1 atom stereocenters. The average Bonchev–Trinajstić information content (AvgIpc) is 2.67. The second-order valence-corrected chi connectivity index (χ2v) is 9.08. The third-order valence-corrected chi connectivity index (χ3v) is 6.33. The van der Waals surface area contributed by atoms with Crippen LogP contribution in [0.4, 0.5) is 18.9 Å². The van der Waals surface area contributed by atoms with Gasteiger partial charge in [-0.2, -0.15) is 13.2 Å². The van der Waals surface area contributed by atoms with Crippen LogP contribution < -0.4 is 5.32 Å². The van der Waals surface area contributed by atoms with Gasteiger partial charge < -0.3 is 10.1 Å². The SMILES string of the molecule is CC(OC(=O)c1ccc(Cl)c(S(=O)(=O)N(C)C)c1)C(=O)Nc1cccc(C(F)(F)F)c1. The van der Waals surface area contributed by atoms with Crippen molar-refractivity contribution >= 4 is 39.2 Å². The predicted octanol–water partition coefficient (Wildman–Crippen LogP) is 3.79. The molecule has 31 heavy (non-hydrogen) atoms. The summed E-state index contributed by atoms with van der Waals surface area (Å²) in [6, 6.07) is 7.38. The number of amides is 1. The van der Waals surface area contributed by atoms with Crippen LogP contribution in [0.25, 0.3) is 0 Å². The Balaban J connectivity index is 2.15. The van der Waals surface area contributed by atoms with Gasteiger partial charge in [0, 0.05) is 19.8 Å². The van der Waals surface area contributed by atoms with Crippen LogP contribution in [0.3, 0.4) is 0 Å². The van der Waals surface area contributed by atoms with Gasteiger partial charge in [0.1, 0.15) is 4.90 Å². The second kappa shape index (κ2) is 9.25. The Morgan fingerprint density at radius 3 is 2.35 bits per heavy atom. The number of ether oxygens (including phenoxy) is 1. The molecule has 0 spiro atoms. The Hall–Kier alpha value is -2.63. The van der Waals surface area contributed by atoms with Crippen molar-refractivity contribution in [3.8, 4) is 0 Å². The first-order valence-electron chi connectivity index (χ1n) is 8.64. The molecule has 0 radical (unpaired) electrons. The maximum atomic E-state index is 12.8. The van der Waals surface area contributed by atoms with Crippen LogP contribution in [0.5, 0.6) is 0 Å². The molecule has 0 aliphatic rings. The lowest BCUT2D eigenvalue weighted by Gasteiger charge is -2.16. The van der Waals surface area contributed by atoms with Crippen molar-refractivity contribution < 1.29 is 35.9 Å². The lowest BCUT2D eigenvalue weighted by Crippen LogP contribution is -2.30. The molecule has 168 valence electrons. The van der Waals surface area contributed by atoms with Crippen molar-refractivity contribution in [1.29, 1.82) is 0 Å². The van der Waals surface area contributed by atoms with E-state index in [1.165, 1.54) is 39.2 Å². The normalized spacial score (nSPS) is 13.0. The monoisotopic (exact) mass is 478 g/mol. The second-order valence-electron chi connectivity index (χ2n) is 6.55. The fourth-order valence-corrected chi connectivity index (χ4v) is 3.72. The van der Waals surface area contributed by atoms with Crippen LogP contribution in [0.1, 0.15) is 22.8 Å². The number of halogens is 4. The van der Waals surface area contributed by atoms with Crippen molar-refractivity contribution in [3.05, 3.63) is 58.6 Å². The van der Waals surface area contributed by atoms with Crippen molar-refractivity contribution in [2.45, 2.75) is 24.1 Å². The van der Waals surface area contributed by atoms with Crippen molar-refractivity contribution in [3.63, 3.8) is 0 Å². The Morgan fingerprint density at radius 1 is 1.13 bits per heavy atom. The minimum atomic E-state index is -4.59. The van der Waals surface area contributed by atoms with E-state index < -0.39 is 39.7 Å². The van der Waals surface area contributed by atoms with E-state index in [1.807, 2.05) is 0 Å². The fourth-order valence-electron chi connectivity index (χ4n) is 2.32. The van der Waals surface area contributed by atoms with Crippen molar-refractivity contribution in [2.24, 2.45) is 0 Å². The van der Waals surface area contributed by atoms with Crippen LogP contribution in [0.2, 0.25) is 5.02 Å². The largest absolute Gasteiger partial charge is 0.449 e. The number of hydrogen-bond acceptors (Lipinski definition) is 5. The number of carbonyl (C=O) groups excluding carboxylic acids is 2. The molecular weight excluding hydrogens is 461 g/mol. The van der Waals surface area contributed by atoms with Crippen molar-refractivity contribution in [2.75, 3.05) is 19.4 Å². The van der Waals surface area contributed by atoms with Crippen molar-refractivity contribution in [1.82, 2.24) is 4.31 Å². The summed E-state index contributed by atoms with van der Waals surface area (Å²) in [6.07, 6.45) is -5.97. The lowest BCUT2D eigenvalue weighted by atomic mass is 10.2. The Bertz CT molecular complexity index is 1100. The highest BCUT2D eigenvalue weighted by Crippen LogP contribution is 2.30. The average molecular weight is 479 g/mol. The number of alkyl halides is 3. The smallest absolute Gasteiger partial charge is 0.416 e. The van der Waals surface area contributed by atoms with Gasteiger partial charge in [0.25, 0.3) is 5.91 Å². The highest BCUT2D eigenvalue weighted by atomic mass is 35.5. The van der Waals surface area contributed by atoms with E-state index in [2.05, 4.69) is 5.32 Å². The molecule has 0 heterocycles. The molecule has 2 aromatic carbocycles. The summed E-state index contributed by atoms with van der Waals surface area (Å²) in [5, 5.41) is 2.12. The van der Waals surface area contributed by atoms with Gasteiger partial charge in [-0.25, -0.2) is 17.5 Å². The molecule has 1 unspecified atom stereocenters. The number of nitrogens with one attached hydrogen (secondary N) is 1. The van der Waals surface area contributed by atoms with Gasteiger partial charge in [0.2, 0.25) is 10.0 Å². The van der Waals surface area contributed by atoms with Gasteiger partial charge in [-0.15, -0.1) is 0 Å². The number of anilines is 1. The number of nitrogens with zero attached hydrogens (tertiary/aromatic N) is 1. The zero-order valence-corrected chi connectivity index (χ0v) is 18.1. The van der Waals surface area contributed by atoms with Gasteiger partial charge in [-0.3, -0.25) is 4.79 Å². The maximum Gasteiger partial charge on any atom is 0.416 e. The first-order chi connectivity index (χ1) is 14.2. The van der Waals surface area contributed by atoms with E-state index >= 15 is 0 Å². The molecule has 0 saturated heterocycles. The zero-order valence-electron chi connectivity index (χ0n) is 16.5. The van der Waals surface area contributed by atoms with Gasteiger partial charge in [0.15, 0.2) is 6.10 Å². The number of esters is 1. The predicted molar refractivity (Wildman–Crippen MR) is 107 cm³/mol. The summed E-state index contributed by atoms with van der Waals surface area (Å²) < 4.78 is 68.9. The topological polar surface area (TPSA) is 92.8 Å². The quantitative estimate of drug-likeness (QED) is 0.638. The molecule has 0 saturated carbocycles. The molecule has 7 nitrogen and oxygen atoms in total. The Kier molecular flexibility index (Phi) is 7.35. The minimum absolute atomic E-state index is 0.111. The Morgan fingerprint density at radius 2 is 1.77 bits per heavy atom. The molecule has 0 aliphatic heterocycles. The number of sulfonamides is 1. The molecule has 0 aromatic heterocycles. The molecule has 0 bridgehead atoms. The van der Waals surface area contributed by atoms with Gasteiger partial charge in [0.05, 0.1) is 16.1 Å². The van der Waals surface area contributed by atoms with E-state index in [0.29, 0.717) is 0 Å². The van der Waals surface area contributed by atoms with Crippen LogP contribution >= 0.6 is 11.6 Å². The van der Waals surface area contributed by atoms with Crippen LogP contribution in [0, 0.1) is 0 Å². The highest BCUT2D eigenvalue weighted by Gasteiger charge is 2.31. The number of carbonyl (C=O) groups is 2. The molecular formula is C19H18ClF3N2O5S. The van der Waals surface area contributed by atoms with E-state index in [1.54, 1.807) is 0 Å². The van der Waals surface area contributed by atoms with Gasteiger partial charge in [-0.1, -0.05) is 17.7 Å². The molecule has 2 aromatic rings. The molecule has 0 fully saturated rings. The maximum absolute atomic E-state index is 12.8. The summed E-state index contributed by atoms with van der Waals surface area (Å²) in [5.74, 6) is -1.89. The van der Waals surface area contributed by atoms with Gasteiger partial charge >= 0.3 is 12.1 Å². The van der Waals surface area contributed by atoms with Crippen LogP contribution in [0.15, 0.2) is 47.4 Å². The summed E-state index contributed by atoms with van der Waals surface area (Å²) in [4.78, 5) is 24.2. The molecule has 2 rings (SSSR count). The summed E-state index contributed by atoms with van der Waals surface area (Å²) in [5.41, 5.74) is -1.26. The van der Waals surface area contributed by atoms with E-state index in [0.717, 1.165) is 28.6 Å². The molecule has 1 N–H and O–H groups in total. The third kappa shape index (κ3) is 5.96. The summed E-state index contributed by atoms with van der Waals surface area (Å²) >= 11 is 5.92. The van der Waals surface area contributed by atoms with E-state index in [-0.39, 0.29) is 21.2 Å². The molecule has 12 heteroatoms. The number of hydrogen-bond donors (Lipinski definition) is 1. The first kappa shape index (κ1) is 24.6. The van der Waals surface area contributed by atoms with E-state index in [4.69, 9.17) is 16.3 Å². The standard InChI is InChI=1S/C19H18ClF3N2O5S/c1-11(17(26)24-14-6-4-5-13(10-14)19(21,22)23)30-18(27)12-7-8-15(20)16(9-12)31(28,29)25(2)3/h4-11H,1-3H3,(H,24,26). The van der Waals surface area contributed by atoms with Crippen LogP contribution in [-0.4, -0.2) is 44.8 Å². The minimum Gasteiger partial charge on any atom is -0.449 e. The molecule has 1 amide bonds. The van der Waals surface area contributed by atoms with Gasteiger partial charge in [-0.05, 0) is 43.3 Å². The lowest BCUT2D eigenvalue weighted by molar-refractivity contribution is -0.137. The third-order valence-electron chi connectivity index (χ3n) is 4.04. The summed E-state index contributed by atoms with van der Waals surface area (Å²) in [6.45, 7) is 1.22. The number of rotatable bonds is 6. The fraction of sp³-hybridized carbons (Fsp3) is 0.263. The zero-order chi connectivity index (χ0) is 23.6. The molecule has 0 aliphatic carbocycles. The number of benzene rings is 2. The van der Waals surface area contributed by atoms with E-state index in [9.17, 15) is 31.2 Å². The van der Waals surface area contributed by atoms with Crippen LogP contribution in [-0.2, 0) is 25.7 Å². The Labute approximate surface area is 181 Å². The highest BCUT2D eigenvalue weighted by molar-refractivity contribution is 7.89.